The maximum absolute atomic E-state index is 12.1. The van der Waals surface area contributed by atoms with Gasteiger partial charge >= 0.3 is 18.3 Å². The lowest BCUT2D eigenvalue weighted by molar-refractivity contribution is -0.321. The molecule has 0 heterocycles. The first-order valence-corrected chi connectivity index (χ1v) is 5.94. The third-order valence-corrected chi connectivity index (χ3v) is 2.62. The SMILES string of the molecule is COC(=O)C(C)(N)CCCCOC(C(F)(F)F)C(F)(F)F. The summed E-state index contributed by atoms with van der Waals surface area (Å²) in [5, 5.41) is 0. The van der Waals surface area contributed by atoms with Crippen LogP contribution in [0.3, 0.4) is 0 Å². The standard InChI is InChI=1S/C11H17F6NO3/c1-9(18,8(19)20-2)5-3-4-6-21-7(10(12,13)14)11(15,16)17/h7H,3-6,18H2,1-2H3. The summed E-state index contributed by atoms with van der Waals surface area (Å²) in [6, 6.07) is 0. The minimum atomic E-state index is -5.52. The van der Waals surface area contributed by atoms with Gasteiger partial charge in [-0.3, -0.25) is 4.79 Å². The topological polar surface area (TPSA) is 61.5 Å². The molecular formula is C11H17F6NO3. The zero-order chi connectivity index (χ0) is 16.9. The second kappa shape index (κ2) is 7.30. The van der Waals surface area contributed by atoms with Crippen molar-refractivity contribution in [1.82, 2.24) is 0 Å². The van der Waals surface area contributed by atoms with Crippen LogP contribution >= 0.6 is 0 Å². The Bertz CT molecular complexity index is 326. The van der Waals surface area contributed by atoms with Crippen LogP contribution in [-0.4, -0.2) is 43.7 Å². The zero-order valence-corrected chi connectivity index (χ0v) is 11.5. The van der Waals surface area contributed by atoms with Crippen LogP contribution in [0.2, 0.25) is 0 Å². The summed E-state index contributed by atoms with van der Waals surface area (Å²) < 4.78 is 81.1. The zero-order valence-electron chi connectivity index (χ0n) is 11.5. The second-order valence-electron chi connectivity index (χ2n) is 4.70. The molecule has 0 radical (unpaired) electrons. The van der Waals surface area contributed by atoms with E-state index in [2.05, 4.69) is 9.47 Å². The molecule has 0 fully saturated rings. The summed E-state index contributed by atoms with van der Waals surface area (Å²) in [5.41, 5.74) is 4.23. The number of alkyl halides is 6. The lowest BCUT2D eigenvalue weighted by atomic mass is 9.96. The van der Waals surface area contributed by atoms with E-state index in [-0.39, 0.29) is 19.3 Å². The highest BCUT2D eigenvalue weighted by Crippen LogP contribution is 2.35. The molecule has 2 N–H and O–H groups in total. The van der Waals surface area contributed by atoms with Gasteiger partial charge in [0.25, 0.3) is 0 Å². The van der Waals surface area contributed by atoms with Gasteiger partial charge in [-0.25, -0.2) is 0 Å². The third-order valence-electron chi connectivity index (χ3n) is 2.62. The lowest BCUT2D eigenvalue weighted by Gasteiger charge is -2.24. The Labute approximate surface area is 117 Å². The first-order chi connectivity index (χ1) is 9.32. The first-order valence-electron chi connectivity index (χ1n) is 5.94. The van der Waals surface area contributed by atoms with Crippen molar-refractivity contribution in [3.63, 3.8) is 0 Å². The molecule has 0 aliphatic carbocycles. The minimum Gasteiger partial charge on any atom is -0.468 e. The predicted molar refractivity (Wildman–Crippen MR) is 60.3 cm³/mol. The lowest BCUT2D eigenvalue weighted by Crippen LogP contribution is -2.46. The second-order valence-corrected chi connectivity index (χ2v) is 4.70. The number of methoxy groups -OCH3 is 1. The molecule has 0 amide bonds. The summed E-state index contributed by atoms with van der Waals surface area (Å²) in [6.45, 7) is 0.606. The van der Waals surface area contributed by atoms with Crippen LogP contribution in [0.15, 0.2) is 0 Å². The third kappa shape index (κ3) is 6.98. The summed E-state index contributed by atoms with van der Waals surface area (Å²) in [7, 11) is 1.12. The highest BCUT2D eigenvalue weighted by Gasteiger charge is 2.57. The molecule has 126 valence electrons. The minimum absolute atomic E-state index is 0.0474. The smallest absolute Gasteiger partial charge is 0.423 e. The quantitative estimate of drug-likeness (QED) is 0.444. The molecule has 0 saturated heterocycles. The normalized spacial score (nSPS) is 15.9. The van der Waals surface area contributed by atoms with Crippen LogP contribution in [-0.2, 0) is 14.3 Å². The van der Waals surface area contributed by atoms with E-state index < -0.39 is 36.6 Å². The van der Waals surface area contributed by atoms with E-state index in [1.165, 1.54) is 6.92 Å². The number of hydrogen-bond donors (Lipinski definition) is 1. The summed E-state index contributed by atoms with van der Waals surface area (Å²) in [6.07, 6.45) is -14.8. The maximum atomic E-state index is 12.1. The van der Waals surface area contributed by atoms with Crippen molar-refractivity contribution in [3.8, 4) is 0 Å². The molecule has 21 heavy (non-hydrogen) atoms. The van der Waals surface area contributed by atoms with Crippen LogP contribution in [0.25, 0.3) is 0 Å². The number of halogens is 6. The Kier molecular flexibility index (Phi) is 6.94. The van der Waals surface area contributed by atoms with Gasteiger partial charge in [-0.05, 0) is 26.2 Å². The molecule has 0 aliphatic rings. The molecule has 0 spiro atoms. The molecule has 4 nitrogen and oxygen atoms in total. The number of nitrogens with two attached hydrogens (primary N) is 1. The van der Waals surface area contributed by atoms with Crippen molar-refractivity contribution >= 4 is 5.97 Å². The van der Waals surface area contributed by atoms with E-state index in [1.807, 2.05) is 0 Å². The van der Waals surface area contributed by atoms with Crippen molar-refractivity contribution in [2.75, 3.05) is 13.7 Å². The largest absolute Gasteiger partial charge is 0.468 e. The number of unbranched alkanes of at least 4 members (excludes halogenated alkanes) is 1. The van der Waals surface area contributed by atoms with Gasteiger partial charge in [-0.1, -0.05) is 0 Å². The Morgan fingerprint density at radius 3 is 1.95 bits per heavy atom. The monoisotopic (exact) mass is 325 g/mol. The molecule has 0 aliphatic heterocycles. The number of carbonyl (C=O) groups is 1. The van der Waals surface area contributed by atoms with Crippen molar-refractivity contribution in [3.05, 3.63) is 0 Å². The van der Waals surface area contributed by atoms with Gasteiger partial charge < -0.3 is 15.2 Å². The van der Waals surface area contributed by atoms with E-state index in [0.717, 1.165) is 7.11 Å². The molecule has 0 aromatic heterocycles. The van der Waals surface area contributed by atoms with Gasteiger partial charge in [0.15, 0.2) is 0 Å². The van der Waals surface area contributed by atoms with Gasteiger partial charge in [0.05, 0.1) is 7.11 Å². The van der Waals surface area contributed by atoms with Crippen LogP contribution in [0.4, 0.5) is 26.3 Å². The first kappa shape index (κ1) is 20.0. The van der Waals surface area contributed by atoms with Gasteiger partial charge in [0, 0.05) is 6.61 Å². The Morgan fingerprint density at radius 1 is 1.10 bits per heavy atom. The fourth-order valence-electron chi connectivity index (χ4n) is 1.51. The van der Waals surface area contributed by atoms with Crippen LogP contribution < -0.4 is 5.73 Å². The van der Waals surface area contributed by atoms with Gasteiger partial charge in [-0.2, -0.15) is 26.3 Å². The maximum Gasteiger partial charge on any atom is 0.423 e. The molecule has 1 unspecified atom stereocenters. The molecule has 10 heteroatoms. The Morgan fingerprint density at radius 2 is 1.57 bits per heavy atom. The van der Waals surface area contributed by atoms with Crippen molar-refractivity contribution in [2.24, 2.45) is 5.73 Å². The fraction of sp³-hybridized carbons (Fsp3) is 0.909. The highest BCUT2D eigenvalue weighted by molar-refractivity contribution is 5.79. The predicted octanol–water partition coefficient (Wildman–Crippen LogP) is 2.56. The van der Waals surface area contributed by atoms with E-state index in [4.69, 9.17) is 5.73 Å². The highest BCUT2D eigenvalue weighted by atomic mass is 19.4. The summed E-state index contributed by atoms with van der Waals surface area (Å²) >= 11 is 0. The molecule has 0 bridgehead atoms. The van der Waals surface area contributed by atoms with E-state index >= 15 is 0 Å². The number of carbonyl (C=O) groups excluding carboxylic acids is 1. The molecule has 0 aromatic rings. The number of ether oxygens (including phenoxy) is 2. The van der Waals surface area contributed by atoms with E-state index in [1.54, 1.807) is 0 Å². The van der Waals surface area contributed by atoms with Gasteiger partial charge in [0.1, 0.15) is 5.54 Å². The number of esters is 1. The molecule has 0 aromatic carbocycles. The van der Waals surface area contributed by atoms with Crippen molar-refractivity contribution in [2.45, 2.75) is 50.2 Å². The fourth-order valence-corrected chi connectivity index (χ4v) is 1.51. The van der Waals surface area contributed by atoms with E-state index in [0.29, 0.717) is 0 Å². The average molecular weight is 325 g/mol. The molecular weight excluding hydrogens is 308 g/mol. The van der Waals surface area contributed by atoms with E-state index in [9.17, 15) is 31.1 Å². The number of rotatable bonds is 7. The van der Waals surface area contributed by atoms with Crippen LogP contribution in [0, 0.1) is 0 Å². The van der Waals surface area contributed by atoms with Crippen LogP contribution in [0.1, 0.15) is 26.2 Å². The van der Waals surface area contributed by atoms with Crippen LogP contribution in [0.5, 0.6) is 0 Å². The van der Waals surface area contributed by atoms with Gasteiger partial charge in [-0.15, -0.1) is 0 Å². The Balaban J connectivity index is 4.23. The number of hydrogen-bond acceptors (Lipinski definition) is 4. The molecule has 0 saturated carbocycles. The Hall–Kier alpha value is -1.03. The molecule has 0 rings (SSSR count). The van der Waals surface area contributed by atoms with Crippen molar-refractivity contribution in [1.29, 1.82) is 0 Å². The molecule has 1 atom stereocenters. The summed E-state index contributed by atoms with van der Waals surface area (Å²) in [5.74, 6) is -0.716. The van der Waals surface area contributed by atoms with Crippen molar-refractivity contribution < 1.29 is 40.6 Å². The summed E-state index contributed by atoms with van der Waals surface area (Å²) in [4.78, 5) is 11.2. The average Bonchev–Trinajstić information content (AvgIpc) is 2.28. The van der Waals surface area contributed by atoms with Gasteiger partial charge in [0.2, 0.25) is 6.10 Å².